The van der Waals surface area contributed by atoms with Crippen LogP contribution in [0.15, 0.2) is 36.7 Å². The molecule has 0 radical (unpaired) electrons. The topological polar surface area (TPSA) is 189 Å². The molecule has 5 N–H and O–H groups in total. The number of fused-ring (bicyclic) bond motifs is 1. The normalized spacial score (nSPS) is 14.7. The first kappa shape index (κ1) is 30.7. The van der Waals surface area contributed by atoms with E-state index in [1.54, 1.807) is 30.3 Å². The first-order valence-corrected chi connectivity index (χ1v) is 12.7. The summed E-state index contributed by atoms with van der Waals surface area (Å²) in [6.07, 6.45) is 2.69. The van der Waals surface area contributed by atoms with E-state index in [-0.39, 0.29) is 17.0 Å². The highest BCUT2D eigenvalue weighted by Gasteiger charge is 2.49. The summed E-state index contributed by atoms with van der Waals surface area (Å²) in [7, 11) is 0. The highest BCUT2D eigenvalue weighted by Crippen LogP contribution is 2.28. The van der Waals surface area contributed by atoms with Gasteiger partial charge in [-0.3, -0.25) is 4.57 Å². The second-order valence-corrected chi connectivity index (χ2v) is 9.31. The quantitative estimate of drug-likeness (QED) is 0.100. The van der Waals surface area contributed by atoms with Gasteiger partial charge in [0.2, 0.25) is 5.28 Å². The molecular weight excluding hydrogens is 546 g/mol. The van der Waals surface area contributed by atoms with Crippen LogP contribution in [0.4, 0.5) is 5.82 Å². The molecule has 0 amide bonds. The van der Waals surface area contributed by atoms with E-state index in [9.17, 15) is 30.0 Å². The number of aliphatic hydroxyl groups is 2. The summed E-state index contributed by atoms with van der Waals surface area (Å²) in [6.45, 7) is 2.49. The molecule has 14 heteroatoms. The smallest absolute Gasteiger partial charge is 0.348 e. The van der Waals surface area contributed by atoms with Crippen LogP contribution in [0.1, 0.15) is 32.1 Å². The van der Waals surface area contributed by atoms with Gasteiger partial charge in [-0.25, -0.2) is 14.6 Å². The third-order valence-electron chi connectivity index (χ3n) is 6.14. The van der Waals surface area contributed by atoms with Crippen LogP contribution < -0.4 is 5.32 Å². The van der Waals surface area contributed by atoms with Crippen molar-refractivity contribution in [3.05, 3.63) is 47.5 Å². The molecule has 0 aliphatic rings. The highest BCUT2D eigenvalue weighted by atomic mass is 35.5. The molecule has 0 bridgehead atoms. The lowest BCUT2D eigenvalue weighted by atomic mass is 9.94. The van der Waals surface area contributed by atoms with Crippen molar-refractivity contribution in [3.63, 3.8) is 0 Å². The number of nitrogens with one attached hydrogen (secondary N) is 1. The van der Waals surface area contributed by atoms with Crippen molar-refractivity contribution in [2.24, 2.45) is 0 Å². The summed E-state index contributed by atoms with van der Waals surface area (Å²) < 4.78 is 12.5. The molecule has 4 atom stereocenters. The van der Waals surface area contributed by atoms with E-state index in [0.717, 1.165) is 6.42 Å². The van der Waals surface area contributed by atoms with Crippen LogP contribution in [-0.2, 0) is 25.5 Å². The Kier molecular flexibility index (Phi) is 10.4. The average Bonchev–Trinajstić information content (AvgIpc) is 3.35. The first-order chi connectivity index (χ1) is 19.1. The molecule has 0 unspecified atom stereocenters. The molecule has 3 aromatic rings. The molecule has 0 spiro atoms. The Morgan fingerprint density at radius 2 is 1.90 bits per heavy atom. The molecule has 13 nitrogen and oxygen atoms in total. The maximum Gasteiger partial charge on any atom is 0.348 e. The van der Waals surface area contributed by atoms with Crippen molar-refractivity contribution >= 4 is 40.5 Å². The standard InChI is InChI=1S/C26H30ClN5O8/c1-4-15(3)29-20-19-21(31-25(27)30-20)32(14-28-19)22(18(34)5-2)40-17(12-33)13-39-26(23(35)36,24(37)38)11-16-9-7-6-8-10-16/h2,6-10,14-15,17-18,22,33-34H,4,11-13H2,1,3H3,(H,35,36)(H,37,38)(H,29,30,31)/t15-,17-,18+,22+/m0/s1. The molecular formula is C26H30ClN5O8. The van der Waals surface area contributed by atoms with E-state index in [1.807, 2.05) is 13.8 Å². The maximum atomic E-state index is 12.1. The number of aromatic nitrogens is 4. The first-order valence-electron chi connectivity index (χ1n) is 12.3. The van der Waals surface area contributed by atoms with E-state index >= 15 is 0 Å². The van der Waals surface area contributed by atoms with Crippen molar-refractivity contribution in [2.45, 2.75) is 56.8 Å². The Morgan fingerprint density at radius 1 is 1.23 bits per heavy atom. The van der Waals surface area contributed by atoms with Gasteiger partial charge in [0.1, 0.15) is 6.10 Å². The number of terminal acetylenes is 1. The second kappa shape index (κ2) is 13.5. The summed E-state index contributed by atoms with van der Waals surface area (Å²) in [5, 5.41) is 43.3. The average molecular weight is 576 g/mol. The van der Waals surface area contributed by atoms with Gasteiger partial charge in [0, 0.05) is 12.5 Å². The summed E-state index contributed by atoms with van der Waals surface area (Å²) in [4.78, 5) is 36.9. The van der Waals surface area contributed by atoms with Crippen molar-refractivity contribution in [1.29, 1.82) is 0 Å². The fourth-order valence-electron chi connectivity index (χ4n) is 3.75. The lowest BCUT2D eigenvalue weighted by Gasteiger charge is -2.30. The Labute approximate surface area is 234 Å². The number of rotatable bonds is 15. The number of benzene rings is 1. The molecule has 3 rings (SSSR count). The van der Waals surface area contributed by atoms with Gasteiger partial charge in [-0.15, -0.1) is 6.42 Å². The molecule has 0 aliphatic heterocycles. The van der Waals surface area contributed by atoms with E-state index in [1.165, 1.54) is 10.9 Å². The molecule has 214 valence electrons. The SMILES string of the molecule is C#C[C@@H](O)[C@@H](O[C@@H](CO)COC(Cc1ccccc1)(C(=O)O)C(=O)O)n1cnc2c(N[C@@H](C)CC)nc(Cl)nc21. The number of hydrogen-bond donors (Lipinski definition) is 5. The molecule has 0 fully saturated rings. The fourth-order valence-corrected chi connectivity index (χ4v) is 3.92. The predicted octanol–water partition coefficient (Wildman–Crippen LogP) is 1.73. The zero-order valence-corrected chi connectivity index (χ0v) is 22.5. The van der Waals surface area contributed by atoms with Crippen molar-refractivity contribution in [1.82, 2.24) is 19.5 Å². The van der Waals surface area contributed by atoms with Crippen LogP contribution >= 0.6 is 11.6 Å². The number of halogens is 1. The second-order valence-electron chi connectivity index (χ2n) is 8.97. The minimum atomic E-state index is -2.68. The number of nitrogens with zero attached hydrogens (tertiary/aromatic N) is 4. The summed E-state index contributed by atoms with van der Waals surface area (Å²) in [5.74, 6) is -1.00. The predicted molar refractivity (Wildman–Crippen MR) is 144 cm³/mol. The van der Waals surface area contributed by atoms with Gasteiger partial charge in [0.15, 0.2) is 29.3 Å². The lowest BCUT2D eigenvalue weighted by Crippen LogP contribution is -2.52. The van der Waals surface area contributed by atoms with Gasteiger partial charge in [-0.2, -0.15) is 9.97 Å². The minimum absolute atomic E-state index is 0.0261. The summed E-state index contributed by atoms with van der Waals surface area (Å²) in [5.41, 5.74) is -1.83. The third kappa shape index (κ3) is 6.85. The van der Waals surface area contributed by atoms with Crippen molar-refractivity contribution in [3.8, 4) is 12.3 Å². The Bertz CT molecular complexity index is 1350. The third-order valence-corrected chi connectivity index (χ3v) is 6.31. The van der Waals surface area contributed by atoms with Gasteiger partial charge in [0.05, 0.1) is 19.5 Å². The number of aliphatic carboxylic acids is 2. The monoisotopic (exact) mass is 575 g/mol. The van der Waals surface area contributed by atoms with Crippen molar-refractivity contribution in [2.75, 3.05) is 18.5 Å². The number of carboxylic acids is 2. The summed E-state index contributed by atoms with van der Waals surface area (Å²) in [6, 6.07) is 8.10. The lowest BCUT2D eigenvalue weighted by molar-refractivity contribution is -0.195. The molecule has 0 saturated carbocycles. The number of carbonyl (C=O) groups is 2. The number of aliphatic hydroxyl groups excluding tert-OH is 2. The maximum absolute atomic E-state index is 12.1. The molecule has 1 aromatic carbocycles. The van der Waals surface area contributed by atoms with Gasteiger partial charge in [0.25, 0.3) is 5.60 Å². The number of hydrogen-bond acceptors (Lipinski definition) is 10. The Balaban J connectivity index is 1.92. The Hall–Kier alpha value is -3.80. The van der Waals surface area contributed by atoms with E-state index < -0.39 is 55.6 Å². The number of anilines is 1. The van der Waals surface area contributed by atoms with E-state index in [4.69, 9.17) is 27.5 Å². The number of carboxylic acid groups (broad SMARTS) is 2. The Morgan fingerprint density at radius 3 is 2.48 bits per heavy atom. The molecule has 40 heavy (non-hydrogen) atoms. The van der Waals surface area contributed by atoms with Crippen LogP contribution in [0, 0.1) is 12.3 Å². The minimum Gasteiger partial charge on any atom is -0.479 e. The van der Waals surface area contributed by atoms with Gasteiger partial charge in [-0.05, 0) is 30.5 Å². The zero-order chi connectivity index (χ0) is 29.4. The zero-order valence-electron chi connectivity index (χ0n) is 21.8. The molecule has 2 aromatic heterocycles. The van der Waals surface area contributed by atoms with Crippen LogP contribution in [0.3, 0.4) is 0 Å². The highest BCUT2D eigenvalue weighted by molar-refractivity contribution is 6.28. The molecule has 0 saturated heterocycles. The summed E-state index contributed by atoms with van der Waals surface area (Å²) >= 11 is 6.14. The molecule has 2 heterocycles. The largest absolute Gasteiger partial charge is 0.479 e. The van der Waals surface area contributed by atoms with Gasteiger partial charge in [-0.1, -0.05) is 43.2 Å². The van der Waals surface area contributed by atoms with E-state index in [2.05, 4.69) is 26.2 Å². The number of ether oxygens (including phenoxy) is 2. The van der Waals surface area contributed by atoms with Crippen LogP contribution in [-0.4, -0.2) is 88.9 Å². The van der Waals surface area contributed by atoms with Gasteiger partial charge >= 0.3 is 11.9 Å². The van der Waals surface area contributed by atoms with Crippen LogP contribution in [0.25, 0.3) is 11.2 Å². The fraction of sp³-hybridized carbons (Fsp3) is 0.423. The molecule has 0 aliphatic carbocycles. The van der Waals surface area contributed by atoms with Crippen LogP contribution in [0.2, 0.25) is 5.28 Å². The van der Waals surface area contributed by atoms with Gasteiger partial charge < -0.3 is 35.2 Å². The van der Waals surface area contributed by atoms with Crippen molar-refractivity contribution < 1.29 is 39.5 Å². The van der Waals surface area contributed by atoms with Crippen LogP contribution in [0.5, 0.6) is 0 Å². The van der Waals surface area contributed by atoms with E-state index in [0.29, 0.717) is 16.9 Å². The number of imidazole rings is 1.